The summed E-state index contributed by atoms with van der Waals surface area (Å²) in [6, 6.07) is 0.543. The normalized spacial score (nSPS) is 28.2. The average molecular weight is 217 g/mol. The highest BCUT2D eigenvalue weighted by atomic mass is 17.1. The van der Waals surface area contributed by atoms with E-state index < -0.39 is 5.60 Å². The van der Waals surface area contributed by atoms with Crippen LogP contribution in [-0.2, 0) is 4.89 Å². The van der Waals surface area contributed by atoms with Crippen LogP contribution in [-0.4, -0.2) is 16.9 Å². The van der Waals surface area contributed by atoms with Gasteiger partial charge in [0.1, 0.15) is 0 Å². The second kappa shape index (κ2) is 4.81. The van der Waals surface area contributed by atoms with Crippen molar-refractivity contribution in [3.05, 3.63) is 0 Å². The highest BCUT2D eigenvalue weighted by Gasteiger charge is 2.44. The second-order valence-corrected chi connectivity index (χ2v) is 6.06. The van der Waals surface area contributed by atoms with Crippen molar-refractivity contribution in [2.45, 2.75) is 70.9 Å². The maximum atomic E-state index is 7.90. The molecule has 92 valence electrons. The van der Waals surface area contributed by atoms with Crippen molar-refractivity contribution in [3.8, 4) is 0 Å². The van der Waals surface area contributed by atoms with Gasteiger partial charge in [-0.05, 0) is 58.3 Å². The van der Waals surface area contributed by atoms with Gasteiger partial charge in [0.2, 0.25) is 0 Å². The number of hydrogen-bond donors (Lipinski definition) is 2. The van der Waals surface area contributed by atoms with E-state index in [1.807, 2.05) is 0 Å². The third-order valence-electron chi connectivity index (χ3n) is 3.21. The molecule has 2 aliphatic rings. The minimum atomic E-state index is -0.403. The van der Waals surface area contributed by atoms with Crippen molar-refractivity contribution in [1.29, 1.82) is 0 Å². The Kier molecular flexibility index (Phi) is 4.15. The van der Waals surface area contributed by atoms with Crippen LogP contribution >= 0.6 is 0 Å². The Balaban J connectivity index is 0.000000289. The highest BCUT2D eigenvalue weighted by molar-refractivity contribution is 4.97. The molecule has 3 N–H and O–H groups in total. The number of nitrogens with two attached hydrogens (primary N) is 1. The van der Waals surface area contributed by atoms with Crippen LogP contribution in [0.25, 0.3) is 0 Å². The van der Waals surface area contributed by atoms with Crippen LogP contribution in [0.3, 0.4) is 0 Å². The first-order valence-corrected chi connectivity index (χ1v) is 5.95. The fourth-order valence-electron chi connectivity index (χ4n) is 2.13. The van der Waals surface area contributed by atoms with Gasteiger partial charge in [-0.1, -0.05) is 6.42 Å². The van der Waals surface area contributed by atoms with Crippen LogP contribution in [0.4, 0.5) is 0 Å². The Bertz CT molecular complexity index is 200. The maximum absolute atomic E-state index is 7.90. The highest BCUT2D eigenvalue weighted by Crippen LogP contribution is 2.55. The van der Waals surface area contributed by atoms with Crippen LogP contribution in [0.15, 0.2) is 0 Å². The molecule has 2 saturated carbocycles. The molecule has 0 bridgehead atoms. The Labute approximate surface area is 94.4 Å². The van der Waals surface area contributed by atoms with E-state index in [9.17, 15) is 0 Å². The van der Waals surface area contributed by atoms with Gasteiger partial charge >= 0.3 is 0 Å². The molecule has 0 aromatic carbocycles. The molecule has 2 aliphatic carbocycles. The molecule has 0 aromatic heterocycles. The standard InChI is InChI=1S/C8H15N.C4H10O2.H2/c9-7-2-1-3-8(6-7)4-5-8;1-4(2,3)6-5;/h7H,1-6,9H2;5H,1-3H3;1H. The van der Waals surface area contributed by atoms with Crippen LogP contribution in [0.1, 0.15) is 60.7 Å². The van der Waals surface area contributed by atoms with Crippen molar-refractivity contribution in [1.82, 2.24) is 0 Å². The zero-order valence-electron chi connectivity index (χ0n) is 10.3. The maximum Gasteiger partial charge on any atom is 0.0949 e. The van der Waals surface area contributed by atoms with Crippen molar-refractivity contribution in [2.24, 2.45) is 11.1 Å². The van der Waals surface area contributed by atoms with E-state index in [1.54, 1.807) is 20.8 Å². The molecular weight excluding hydrogens is 190 g/mol. The molecule has 0 radical (unpaired) electrons. The Hall–Kier alpha value is -0.120. The molecule has 0 heterocycles. The van der Waals surface area contributed by atoms with E-state index in [-0.39, 0.29) is 1.43 Å². The van der Waals surface area contributed by atoms with E-state index >= 15 is 0 Å². The SMILES string of the molecule is CC(C)(C)OO.NC1CCCC2(CC2)C1.[HH]. The molecule has 1 spiro atoms. The van der Waals surface area contributed by atoms with E-state index in [1.165, 1.54) is 38.5 Å². The average Bonchev–Trinajstić information content (AvgIpc) is 2.84. The van der Waals surface area contributed by atoms with Gasteiger partial charge in [-0.15, -0.1) is 0 Å². The topological polar surface area (TPSA) is 55.5 Å². The molecule has 0 saturated heterocycles. The van der Waals surface area contributed by atoms with Crippen molar-refractivity contribution in [3.63, 3.8) is 0 Å². The molecule has 1 unspecified atom stereocenters. The van der Waals surface area contributed by atoms with Crippen LogP contribution < -0.4 is 5.73 Å². The third-order valence-corrected chi connectivity index (χ3v) is 3.21. The van der Waals surface area contributed by atoms with E-state index in [0.29, 0.717) is 6.04 Å². The molecule has 2 rings (SSSR count). The summed E-state index contributed by atoms with van der Waals surface area (Å²) < 4.78 is 0. The summed E-state index contributed by atoms with van der Waals surface area (Å²) in [7, 11) is 0. The van der Waals surface area contributed by atoms with Crippen LogP contribution in [0.2, 0.25) is 0 Å². The molecule has 3 heteroatoms. The van der Waals surface area contributed by atoms with E-state index in [0.717, 1.165) is 5.41 Å². The van der Waals surface area contributed by atoms with Crippen LogP contribution in [0.5, 0.6) is 0 Å². The van der Waals surface area contributed by atoms with Crippen molar-refractivity contribution >= 4 is 0 Å². The lowest BCUT2D eigenvalue weighted by Gasteiger charge is -2.25. The Morgan fingerprint density at radius 1 is 1.33 bits per heavy atom. The van der Waals surface area contributed by atoms with Crippen molar-refractivity contribution in [2.75, 3.05) is 0 Å². The summed E-state index contributed by atoms with van der Waals surface area (Å²) >= 11 is 0. The zero-order valence-corrected chi connectivity index (χ0v) is 10.3. The number of rotatable bonds is 0. The first-order chi connectivity index (χ1) is 6.87. The summed E-state index contributed by atoms with van der Waals surface area (Å²) in [5.41, 5.74) is 6.22. The van der Waals surface area contributed by atoms with Crippen LogP contribution in [0, 0.1) is 5.41 Å². The van der Waals surface area contributed by atoms with Gasteiger partial charge in [-0.2, -0.15) is 0 Å². The zero-order chi connectivity index (χ0) is 11.5. The fraction of sp³-hybridized carbons (Fsp3) is 1.00. The molecule has 0 amide bonds. The summed E-state index contributed by atoms with van der Waals surface area (Å²) in [4.78, 5) is 3.94. The first-order valence-electron chi connectivity index (χ1n) is 5.95. The minimum Gasteiger partial charge on any atom is -0.328 e. The van der Waals surface area contributed by atoms with Gasteiger partial charge in [-0.25, -0.2) is 4.89 Å². The summed E-state index contributed by atoms with van der Waals surface area (Å²) in [6.07, 6.45) is 8.41. The van der Waals surface area contributed by atoms with Gasteiger partial charge < -0.3 is 5.73 Å². The third kappa shape index (κ3) is 4.96. The summed E-state index contributed by atoms with van der Waals surface area (Å²) in [5.74, 6) is 0. The molecule has 0 aromatic rings. The molecule has 0 aliphatic heterocycles. The summed E-state index contributed by atoms with van der Waals surface area (Å²) in [6.45, 7) is 5.31. The number of hydrogen-bond acceptors (Lipinski definition) is 3. The largest absolute Gasteiger partial charge is 0.328 e. The summed E-state index contributed by atoms with van der Waals surface area (Å²) in [5, 5.41) is 7.90. The lowest BCUT2D eigenvalue weighted by molar-refractivity contribution is -0.306. The van der Waals surface area contributed by atoms with Gasteiger partial charge in [0.25, 0.3) is 0 Å². The van der Waals surface area contributed by atoms with E-state index in [4.69, 9.17) is 11.0 Å². The predicted octanol–water partition coefficient (Wildman–Crippen LogP) is 3.19. The first kappa shape index (κ1) is 12.9. The molecule has 15 heavy (non-hydrogen) atoms. The molecule has 1 atom stereocenters. The lowest BCUT2D eigenvalue weighted by Crippen LogP contribution is -2.28. The smallest absolute Gasteiger partial charge is 0.0949 e. The quantitative estimate of drug-likeness (QED) is 0.484. The predicted molar refractivity (Wildman–Crippen MR) is 63.7 cm³/mol. The van der Waals surface area contributed by atoms with Gasteiger partial charge in [0, 0.05) is 7.47 Å². The Morgan fingerprint density at radius 2 is 1.87 bits per heavy atom. The minimum absolute atomic E-state index is 0. The van der Waals surface area contributed by atoms with Gasteiger partial charge in [0.15, 0.2) is 0 Å². The monoisotopic (exact) mass is 217 g/mol. The fourth-order valence-corrected chi connectivity index (χ4v) is 2.13. The van der Waals surface area contributed by atoms with E-state index in [2.05, 4.69) is 4.89 Å². The second-order valence-electron chi connectivity index (χ2n) is 6.06. The molecular formula is C12H27NO2. The van der Waals surface area contributed by atoms with Gasteiger partial charge in [-0.3, -0.25) is 5.26 Å². The molecule has 2 fully saturated rings. The lowest BCUT2D eigenvalue weighted by atomic mass is 9.84. The van der Waals surface area contributed by atoms with Crippen molar-refractivity contribution < 1.29 is 11.6 Å². The molecule has 3 nitrogen and oxygen atoms in total. The Morgan fingerprint density at radius 3 is 2.13 bits per heavy atom. The van der Waals surface area contributed by atoms with Gasteiger partial charge in [0.05, 0.1) is 5.60 Å².